The number of benzene rings is 2. The Bertz CT molecular complexity index is 1150. The van der Waals surface area contributed by atoms with E-state index in [1.54, 1.807) is 14.2 Å². The maximum absolute atomic E-state index is 5.68. The first kappa shape index (κ1) is 18.6. The van der Waals surface area contributed by atoms with Crippen LogP contribution in [-0.4, -0.2) is 23.9 Å². The number of fused-ring (bicyclic) bond motifs is 3. The van der Waals surface area contributed by atoms with Gasteiger partial charge in [-0.15, -0.1) is 0 Å². The van der Waals surface area contributed by atoms with Gasteiger partial charge in [-0.05, 0) is 72.4 Å². The summed E-state index contributed by atoms with van der Waals surface area (Å²) >= 11 is 0. The van der Waals surface area contributed by atoms with E-state index in [0.29, 0.717) is 0 Å². The zero-order valence-electron chi connectivity index (χ0n) is 17.2. The summed E-state index contributed by atoms with van der Waals surface area (Å²) in [6, 6.07) is 16.5. The average Bonchev–Trinajstić information content (AvgIpc) is 3.35. The minimum Gasteiger partial charge on any atom is -0.497 e. The fourth-order valence-corrected chi connectivity index (χ4v) is 4.31. The molecule has 1 aliphatic rings. The van der Waals surface area contributed by atoms with Crippen LogP contribution in [0.1, 0.15) is 23.1 Å². The summed E-state index contributed by atoms with van der Waals surface area (Å²) < 4.78 is 18.7. The summed E-state index contributed by atoms with van der Waals surface area (Å²) in [5.74, 6) is 2.63. The molecule has 0 saturated carbocycles. The second-order valence-corrected chi connectivity index (χ2v) is 7.61. The predicted octanol–water partition coefficient (Wildman–Crippen LogP) is 5.36. The van der Waals surface area contributed by atoms with E-state index in [1.165, 1.54) is 27.9 Å². The Kier molecular flexibility index (Phi) is 4.79. The second-order valence-electron chi connectivity index (χ2n) is 7.61. The Morgan fingerprint density at radius 1 is 0.933 bits per heavy atom. The molecule has 2 heterocycles. The average molecular weight is 400 g/mol. The molecule has 2 aromatic heterocycles. The summed E-state index contributed by atoms with van der Waals surface area (Å²) in [5, 5.41) is 4.07. The lowest BCUT2D eigenvalue weighted by molar-refractivity contribution is 0.414. The number of methoxy groups -OCH3 is 2. The fraction of sp³-hybridized carbons (Fsp3) is 0.240. The molecule has 0 radical (unpaired) electrons. The Labute approximate surface area is 175 Å². The quantitative estimate of drug-likeness (QED) is 0.452. The summed E-state index contributed by atoms with van der Waals surface area (Å²) in [4.78, 5) is 0. The molecule has 5 rings (SSSR count). The maximum Gasteiger partial charge on any atom is 0.171 e. The van der Waals surface area contributed by atoms with Crippen molar-refractivity contribution < 1.29 is 14.0 Å². The van der Waals surface area contributed by atoms with Crippen LogP contribution in [-0.2, 0) is 19.4 Å². The van der Waals surface area contributed by atoms with E-state index in [0.717, 1.165) is 48.6 Å². The highest BCUT2D eigenvalue weighted by atomic mass is 16.5. The zero-order valence-corrected chi connectivity index (χ0v) is 17.2. The molecule has 2 aromatic carbocycles. The molecule has 0 atom stereocenters. The lowest BCUT2D eigenvalue weighted by Gasteiger charge is -2.13. The van der Waals surface area contributed by atoms with Crippen LogP contribution in [0, 0.1) is 0 Å². The first-order valence-electron chi connectivity index (χ1n) is 10.2. The van der Waals surface area contributed by atoms with Crippen molar-refractivity contribution in [1.29, 1.82) is 0 Å². The predicted molar refractivity (Wildman–Crippen MR) is 116 cm³/mol. The van der Waals surface area contributed by atoms with Crippen LogP contribution >= 0.6 is 0 Å². The number of hydrogen-bond acceptors (Lipinski definition) is 4. The molecule has 4 aromatic rings. The Morgan fingerprint density at radius 3 is 2.33 bits per heavy atom. The first-order chi connectivity index (χ1) is 14.8. The van der Waals surface area contributed by atoms with E-state index >= 15 is 0 Å². The molecule has 0 unspecified atom stereocenters. The standard InChI is InChI=1S/C25H24N2O3/c1-28-20-10-6-17(7-11-20)15-27-16-23-22(5-3-4-19-14-26-30-25(19)23)24(27)18-8-12-21(29-2)13-9-18/h6-14,16H,3-5,15H2,1-2H3. The molecule has 0 N–H and O–H groups in total. The van der Waals surface area contributed by atoms with Crippen molar-refractivity contribution in [3.05, 3.63) is 77.6 Å². The van der Waals surface area contributed by atoms with Crippen molar-refractivity contribution in [3.8, 4) is 34.1 Å². The molecular formula is C25H24N2O3. The van der Waals surface area contributed by atoms with Gasteiger partial charge >= 0.3 is 0 Å². The van der Waals surface area contributed by atoms with Crippen molar-refractivity contribution in [2.24, 2.45) is 0 Å². The van der Waals surface area contributed by atoms with Crippen molar-refractivity contribution in [3.63, 3.8) is 0 Å². The summed E-state index contributed by atoms with van der Waals surface area (Å²) in [7, 11) is 3.38. The lowest BCUT2D eigenvalue weighted by atomic mass is 10.0. The molecule has 0 aliphatic heterocycles. The lowest BCUT2D eigenvalue weighted by Crippen LogP contribution is -2.02. The minimum absolute atomic E-state index is 0.766. The van der Waals surface area contributed by atoms with Gasteiger partial charge in [-0.1, -0.05) is 17.3 Å². The van der Waals surface area contributed by atoms with Gasteiger partial charge in [0.2, 0.25) is 0 Å². The van der Waals surface area contributed by atoms with Crippen molar-refractivity contribution in [2.75, 3.05) is 14.2 Å². The molecule has 152 valence electrons. The van der Waals surface area contributed by atoms with E-state index < -0.39 is 0 Å². The molecule has 1 aliphatic carbocycles. The van der Waals surface area contributed by atoms with Crippen molar-refractivity contribution in [2.45, 2.75) is 25.8 Å². The fourth-order valence-electron chi connectivity index (χ4n) is 4.31. The molecule has 0 saturated heterocycles. The highest BCUT2D eigenvalue weighted by molar-refractivity contribution is 5.77. The van der Waals surface area contributed by atoms with Gasteiger partial charge in [0.05, 0.1) is 26.1 Å². The number of aromatic nitrogens is 2. The third-order valence-corrected chi connectivity index (χ3v) is 5.82. The SMILES string of the molecule is COc1ccc(Cn2cc3c(c2-c2ccc(OC)cc2)CCCc2cnoc2-3)cc1. The molecular weight excluding hydrogens is 376 g/mol. The second kappa shape index (κ2) is 7.75. The molecule has 5 heteroatoms. The normalized spacial score (nSPS) is 12.7. The first-order valence-corrected chi connectivity index (χ1v) is 10.2. The van der Waals surface area contributed by atoms with E-state index in [1.807, 2.05) is 30.5 Å². The molecule has 0 amide bonds. The third-order valence-electron chi connectivity index (χ3n) is 5.82. The van der Waals surface area contributed by atoms with E-state index in [9.17, 15) is 0 Å². The Morgan fingerprint density at radius 2 is 1.63 bits per heavy atom. The van der Waals surface area contributed by atoms with Gasteiger partial charge in [0.25, 0.3) is 0 Å². The van der Waals surface area contributed by atoms with Gasteiger partial charge in [-0.3, -0.25) is 0 Å². The molecule has 0 spiro atoms. The highest BCUT2D eigenvalue weighted by Crippen LogP contribution is 2.40. The Balaban J connectivity index is 1.64. The van der Waals surface area contributed by atoms with Gasteiger partial charge in [-0.2, -0.15) is 0 Å². The van der Waals surface area contributed by atoms with Crippen LogP contribution < -0.4 is 9.47 Å². The van der Waals surface area contributed by atoms with E-state index in [-0.39, 0.29) is 0 Å². The highest BCUT2D eigenvalue weighted by Gasteiger charge is 2.25. The minimum atomic E-state index is 0.766. The largest absolute Gasteiger partial charge is 0.497 e. The zero-order chi connectivity index (χ0) is 20.5. The van der Waals surface area contributed by atoms with Crippen LogP contribution in [0.3, 0.4) is 0 Å². The van der Waals surface area contributed by atoms with Crippen LogP contribution in [0.2, 0.25) is 0 Å². The van der Waals surface area contributed by atoms with Crippen molar-refractivity contribution >= 4 is 0 Å². The monoisotopic (exact) mass is 400 g/mol. The van der Waals surface area contributed by atoms with Gasteiger partial charge in [0.1, 0.15) is 11.5 Å². The number of nitrogens with zero attached hydrogens (tertiary/aromatic N) is 2. The van der Waals surface area contributed by atoms with Crippen LogP contribution in [0.5, 0.6) is 11.5 Å². The van der Waals surface area contributed by atoms with Crippen molar-refractivity contribution in [1.82, 2.24) is 9.72 Å². The molecule has 0 fully saturated rings. The topological polar surface area (TPSA) is 49.4 Å². The van der Waals surface area contributed by atoms with Gasteiger partial charge in [0.15, 0.2) is 5.76 Å². The molecule has 5 nitrogen and oxygen atoms in total. The summed E-state index contributed by atoms with van der Waals surface area (Å²) in [5.41, 5.74) is 7.29. The maximum atomic E-state index is 5.68. The molecule has 0 bridgehead atoms. The number of rotatable bonds is 5. The van der Waals surface area contributed by atoms with Crippen LogP contribution in [0.15, 0.2) is 65.4 Å². The van der Waals surface area contributed by atoms with E-state index in [4.69, 9.17) is 14.0 Å². The van der Waals surface area contributed by atoms with E-state index in [2.05, 4.69) is 40.2 Å². The molecule has 30 heavy (non-hydrogen) atoms. The van der Waals surface area contributed by atoms with Gasteiger partial charge in [0, 0.05) is 23.9 Å². The van der Waals surface area contributed by atoms with Crippen LogP contribution in [0.25, 0.3) is 22.6 Å². The van der Waals surface area contributed by atoms with Crippen LogP contribution in [0.4, 0.5) is 0 Å². The number of hydrogen-bond donors (Lipinski definition) is 0. The Hall–Kier alpha value is -3.47. The smallest absolute Gasteiger partial charge is 0.171 e. The third kappa shape index (κ3) is 3.26. The summed E-state index contributed by atoms with van der Waals surface area (Å²) in [6.07, 6.45) is 7.16. The number of ether oxygens (including phenoxy) is 2. The summed E-state index contributed by atoms with van der Waals surface area (Å²) in [6.45, 7) is 0.766. The van der Waals surface area contributed by atoms with Gasteiger partial charge in [-0.25, -0.2) is 0 Å². The van der Waals surface area contributed by atoms with Gasteiger partial charge < -0.3 is 18.6 Å². The number of aryl methyl sites for hydroxylation is 1.